The third-order valence-electron chi connectivity index (χ3n) is 4.99. The molecular formula is C26H34O3. The average molecular weight is 395 g/mol. The Bertz CT molecular complexity index is 860. The van der Waals surface area contributed by atoms with Crippen LogP contribution in [0.25, 0.3) is 0 Å². The molecule has 0 heterocycles. The first-order valence-corrected chi connectivity index (χ1v) is 10.2. The van der Waals surface area contributed by atoms with Crippen molar-refractivity contribution < 1.29 is 15.3 Å². The first-order valence-electron chi connectivity index (χ1n) is 10.2. The summed E-state index contributed by atoms with van der Waals surface area (Å²) in [6, 6.07) is 18.3. The van der Waals surface area contributed by atoms with Crippen LogP contribution in [0.1, 0.15) is 62.4 Å². The Kier molecular flexibility index (Phi) is 8.78. The lowest BCUT2D eigenvalue weighted by Gasteiger charge is -2.32. The number of phenols is 3. The Morgan fingerprint density at radius 3 is 1.24 bits per heavy atom. The van der Waals surface area contributed by atoms with Crippen LogP contribution in [0.2, 0.25) is 0 Å². The molecule has 3 nitrogen and oxygen atoms in total. The molecule has 0 aliphatic heterocycles. The maximum atomic E-state index is 9.90. The van der Waals surface area contributed by atoms with Gasteiger partial charge in [-0.25, -0.2) is 0 Å². The zero-order chi connectivity index (χ0) is 22.2. The number of hydrogen-bond donors (Lipinski definition) is 3. The van der Waals surface area contributed by atoms with E-state index in [-0.39, 0.29) is 17.2 Å². The summed E-state index contributed by atoms with van der Waals surface area (Å²) in [7, 11) is 0. The van der Waals surface area contributed by atoms with Crippen LogP contribution in [0.4, 0.5) is 0 Å². The van der Waals surface area contributed by atoms with E-state index in [1.165, 1.54) is 0 Å². The lowest BCUT2D eigenvalue weighted by Crippen LogP contribution is -2.25. The van der Waals surface area contributed by atoms with Gasteiger partial charge in [0, 0.05) is 5.41 Å². The SMILES string of the molecule is CC.CC.Cc1cc(C(C)(c2ccc(O)cc2)c2ccc(O)c(C)c2)ccc1O. The molecule has 0 saturated carbocycles. The first-order chi connectivity index (χ1) is 13.8. The number of benzene rings is 3. The number of rotatable bonds is 3. The second-order valence-corrected chi connectivity index (χ2v) is 6.67. The average Bonchev–Trinajstić information content (AvgIpc) is 2.75. The van der Waals surface area contributed by atoms with Gasteiger partial charge in [0.05, 0.1) is 0 Å². The summed E-state index contributed by atoms with van der Waals surface area (Å²) < 4.78 is 0. The Balaban J connectivity index is 0.000000989. The van der Waals surface area contributed by atoms with Gasteiger partial charge in [0.25, 0.3) is 0 Å². The highest BCUT2D eigenvalue weighted by Gasteiger charge is 2.32. The molecule has 3 N–H and O–H groups in total. The topological polar surface area (TPSA) is 60.7 Å². The predicted molar refractivity (Wildman–Crippen MR) is 122 cm³/mol. The van der Waals surface area contributed by atoms with Gasteiger partial charge in [-0.05, 0) is 72.9 Å². The van der Waals surface area contributed by atoms with Crippen LogP contribution in [0.5, 0.6) is 17.2 Å². The number of aryl methyl sites for hydroxylation is 2. The highest BCUT2D eigenvalue weighted by molar-refractivity contribution is 5.54. The van der Waals surface area contributed by atoms with Crippen molar-refractivity contribution in [1.82, 2.24) is 0 Å². The minimum atomic E-state index is -0.495. The van der Waals surface area contributed by atoms with Gasteiger partial charge in [0.1, 0.15) is 17.2 Å². The normalized spacial score (nSPS) is 10.3. The molecule has 3 rings (SSSR count). The van der Waals surface area contributed by atoms with E-state index in [2.05, 4.69) is 6.92 Å². The van der Waals surface area contributed by atoms with Gasteiger partial charge < -0.3 is 15.3 Å². The quantitative estimate of drug-likeness (QED) is 0.427. The Hall–Kier alpha value is -2.94. The Morgan fingerprint density at radius 2 is 0.897 bits per heavy atom. The molecule has 0 aromatic heterocycles. The second kappa shape index (κ2) is 10.6. The molecule has 0 bridgehead atoms. The third kappa shape index (κ3) is 5.11. The van der Waals surface area contributed by atoms with E-state index < -0.39 is 5.41 Å². The van der Waals surface area contributed by atoms with Crippen LogP contribution < -0.4 is 0 Å². The molecular weight excluding hydrogens is 360 g/mol. The van der Waals surface area contributed by atoms with Gasteiger partial charge in [-0.3, -0.25) is 0 Å². The molecule has 156 valence electrons. The van der Waals surface area contributed by atoms with Gasteiger partial charge in [-0.15, -0.1) is 0 Å². The molecule has 3 heteroatoms. The summed E-state index contributed by atoms with van der Waals surface area (Å²) >= 11 is 0. The van der Waals surface area contributed by atoms with E-state index in [1.54, 1.807) is 24.3 Å². The fourth-order valence-electron chi connectivity index (χ4n) is 3.23. The molecule has 29 heavy (non-hydrogen) atoms. The number of phenolic OH excluding ortho intramolecular Hbond substituents is 3. The number of aromatic hydroxyl groups is 3. The van der Waals surface area contributed by atoms with E-state index in [0.29, 0.717) is 0 Å². The van der Waals surface area contributed by atoms with Crippen molar-refractivity contribution in [3.05, 3.63) is 88.5 Å². The monoisotopic (exact) mass is 394 g/mol. The van der Waals surface area contributed by atoms with Crippen molar-refractivity contribution in [1.29, 1.82) is 0 Å². The van der Waals surface area contributed by atoms with Crippen LogP contribution in [0.15, 0.2) is 60.7 Å². The van der Waals surface area contributed by atoms with Crippen LogP contribution in [0.3, 0.4) is 0 Å². The summed E-state index contributed by atoms with van der Waals surface area (Å²) in [5.74, 6) is 0.743. The van der Waals surface area contributed by atoms with Crippen molar-refractivity contribution in [2.75, 3.05) is 0 Å². The summed E-state index contributed by atoms with van der Waals surface area (Å²) in [6.07, 6.45) is 0. The van der Waals surface area contributed by atoms with Crippen molar-refractivity contribution >= 4 is 0 Å². The standard InChI is InChI=1S/C22H22O3.2C2H6/c1-14-12-17(6-10-20(14)24)22(3,16-4-8-19(23)9-5-16)18-7-11-21(25)15(2)13-18;2*1-2/h4-13,23-25H,1-3H3;2*1-2H3. The summed E-state index contributed by atoms with van der Waals surface area (Å²) in [6.45, 7) is 13.9. The summed E-state index contributed by atoms with van der Waals surface area (Å²) in [5, 5.41) is 29.5. The Morgan fingerprint density at radius 1 is 0.552 bits per heavy atom. The van der Waals surface area contributed by atoms with E-state index >= 15 is 0 Å². The molecule has 0 unspecified atom stereocenters. The zero-order valence-electron chi connectivity index (χ0n) is 18.6. The van der Waals surface area contributed by atoms with E-state index in [9.17, 15) is 15.3 Å². The minimum Gasteiger partial charge on any atom is -0.508 e. The molecule has 0 spiro atoms. The molecule has 3 aromatic rings. The highest BCUT2D eigenvalue weighted by Crippen LogP contribution is 2.41. The lowest BCUT2D eigenvalue weighted by atomic mass is 9.70. The lowest BCUT2D eigenvalue weighted by molar-refractivity contribution is 0.470. The predicted octanol–water partition coefficient (Wildman–Crippen LogP) is 6.83. The maximum absolute atomic E-state index is 9.90. The molecule has 0 atom stereocenters. The third-order valence-corrected chi connectivity index (χ3v) is 4.99. The Labute approximate surface area is 175 Å². The van der Waals surface area contributed by atoms with Crippen LogP contribution >= 0.6 is 0 Å². The molecule has 0 radical (unpaired) electrons. The second-order valence-electron chi connectivity index (χ2n) is 6.67. The fourth-order valence-corrected chi connectivity index (χ4v) is 3.23. The van der Waals surface area contributed by atoms with E-state index in [0.717, 1.165) is 27.8 Å². The highest BCUT2D eigenvalue weighted by atomic mass is 16.3. The molecule has 0 amide bonds. The van der Waals surface area contributed by atoms with Crippen molar-refractivity contribution in [2.24, 2.45) is 0 Å². The van der Waals surface area contributed by atoms with Crippen molar-refractivity contribution in [3.63, 3.8) is 0 Å². The largest absolute Gasteiger partial charge is 0.508 e. The van der Waals surface area contributed by atoms with E-state index in [4.69, 9.17) is 0 Å². The van der Waals surface area contributed by atoms with Gasteiger partial charge >= 0.3 is 0 Å². The van der Waals surface area contributed by atoms with Crippen molar-refractivity contribution in [3.8, 4) is 17.2 Å². The van der Waals surface area contributed by atoms with Gasteiger partial charge in [-0.1, -0.05) is 64.1 Å². The number of hydrogen-bond acceptors (Lipinski definition) is 3. The van der Waals surface area contributed by atoms with Gasteiger partial charge in [-0.2, -0.15) is 0 Å². The zero-order valence-corrected chi connectivity index (χ0v) is 18.6. The summed E-state index contributed by atoms with van der Waals surface area (Å²) in [4.78, 5) is 0. The van der Waals surface area contributed by atoms with Crippen LogP contribution in [-0.2, 0) is 5.41 Å². The van der Waals surface area contributed by atoms with Crippen LogP contribution in [0, 0.1) is 13.8 Å². The molecule has 0 fully saturated rings. The van der Waals surface area contributed by atoms with Crippen molar-refractivity contribution in [2.45, 2.75) is 53.9 Å². The van der Waals surface area contributed by atoms with E-state index in [1.807, 2.05) is 77.9 Å². The van der Waals surface area contributed by atoms with Crippen LogP contribution in [-0.4, -0.2) is 15.3 Å². The molecule has 0 saturated heterocycles. The first kappa shape index (κ1) is 24.1. The molecule has 3 aromatic carbocycles. The maximum Gasteiger partial charge on any atom is 0.118 e. The molecule has 0 aliphatic carbocycles. The molecule has 0 aliphatic rings. The van der Waals surface area contributed by atoms with Gasteiger partial charge in [0.15, 0.2) is 0 Å². The fraction of sp³-hybridized carbons (Fsp3) is 0.308. The smallest absolute Gasteiger partial charge is 0.118 e. The van der Waals surface area contributed by atoms with Gasteiger partial charge in [0.2, 0.25) is 0 Å². The minimum absolute atomic E-state index is 0.217. The summed E-state index contributed by atoms with van der Waals surface area (Å²) in [5.41, 5.74) is 4.18.